The first-order valence-electron chi connectivity index (χ1n) is 9.17. The molecule has 3 rings (SSSR count). The van der Waals surface area contributed by atoms with E-state index in [-0.39, 0.29) is 24.0 Å². The molecule has 2 aromatic rings. The van der Waals surface area contributed by atoms with Gasteiger partial charge >= 0.3 is 0 Å². The van der Waals surface area contributed by atoms with Crippen LogP contribution in [0.2, 0.25) is 0 Å². The number of aromatic nitrogens is 3. The first-order valence-corrected chi connectivity index (χ1v) is 9.98. The molecule has 144 valence electrons. The van der Waals surface area contributed by atoms with Gasteiger partial charge in [-0.1, -0.05) is 6.42 Å². The highest BCUT2D eigenvalue weighted by atomic mass is 127. The van der Waals surface area contributed by atoms with Crippen molar-refractivity contribution in [3.63, 3.8) is 0 Å². The number of fused-ring (bicyclic) bond motifs is 1. The summed E-state index contributed by atoms with van der Waals surface area (Å²) in [5.41, 5.74) is 0. The number of hydrogen-bond acceptors (Lipinski definition) is 4. The molecule has 0 amide bonds. The molecule has 0 aromatic carbocycles. The van der Waals surface area contributed by atoms with Crippen LogP contribution in [0.15, 0.2) is 17.1 Å². The Morgan fingerprint density at radius 1 is 1.23 bits per heavy atom. The molecule has 2 N–H and O–H groups in total. The van der Waals surface area contributed by atoms with Crippen molar-refractivity contribution in [2.75, 3.05) is 13.6 Å². The van der Waals surface area contributed by atoms with Gasteiger partial charge in [0, 0.05) is 42.7 Å². The lowest BCUT2D eigenvalue weighted by Gasteiger charge is -2.11. The van der Waals surface area contributed by atoms with Crippen LogP contribution in [-0.4, -0.2) is 34.3 Å². The third-order valence-electron chi connectivity index (χ3n) is 4.51. The van der Waals surface area contributed by atoms with Crippen LogP contribution in [-0.2, 0) is 25.9 Å². The van der Waals surface area contributed by atoms with E-state index >= 15 is 0 Å². The normalized spacial score (nSPS) is 14.3. The zero-order chi connectivity index (χ0) is 17.5. The number of aliphatic imine (C=N–C) groups is 1. The molecule has 0 saturated carbocycles. The summed E-state index contributed by atoms with van der Waals surface area (Å²) in [6, 6.07) is 4.32. The summed E-state index contributed by atoms with van der Waals surface area (Å²) in [4.78, 5) is 6.96. The second kappa shape index (κ2) is 10.9. The maximum absolute atomic E-state index is 4.40. The number of guanidine groups is 1. The fraction of sp³-hybridized carbons (Fsp3) is 0.611. The summed E-state index contributed by atoms with van der Waals surface area (Å²) in [7, 11) is 1.81. The van der Waals surface area contributed by atoms with Crippen LogP contribution in [0, 0.1) is 6.92 Å². The van der Waals surface area contributed by atoms with Gasteiger partial charge in [0.25, 0.3) is 0 Å². The Hall–Kier alpha value is -1.16. The van der Waals surface area contributed by atoms with Crippen molar-refractivity contribution in [2.24, 2.45) is 4.99 Å². The maximum Gasteiger partial charge on any atom is 0.191 e. The molecule has 6 nitrogen and oxygen atoms in total. The van der Waals surface area contributed by atoms with E-state index in [0.717, 1.165) is 50.7 Å². The molecule has 1 aliphatic rings. The van der Waals surface area contributed by atoms with Gasteiger partial charge in [-0.25, -0.2) is 0 Å². The molecule has 1 aliphatic heterocycles. The second-order valence-corrected chi connectivity index (χ2v) is 7.84. The van der Waals surface area contributed by atoms with E-state index in [2.05, 4.69) is 49.4 Å². The average molecular weight is 488 g/mol. The van der Waals surface area contributed by atoms with E-state index in [0.29, 0.717) is 0 Å². The molecule has 0 fully saturated rings. The van der Waals surface area contributed by atoms with Crippen molar-refractivity contribution in [3.8, 4) is 0 Å². The van der Waals surface area contributed by atoms with E-state index in [9.17, 15) is 0 Å². The van der Waals surface area contributed by atoms with Crippen LogP contribution in [0.3, 0.4) is 0 Å². The van der Waals surface area contributed by atoms with Crippen LogP contribution in [0.4, 0.5) is 0 Å². The zero-order valence-electron chi connectivity index (χ0n) is 15.6. The number of thiophene rings is 1. The van der Waals surface area contributed by atoms with Crippen LogP contribution < -0.4 is 10.6 Å². The average Bonchev–Trinajstić information content (AvgIpc) is 3.12. The Bertz CT molecular complexity index is 708. The fourth-order valence-corrected chi connectivity index (χ4v) is 3.99. The molecular formula is C18H29IN6S. The Labute approximate surface area is 176 Å². The molecule has 8 heteroatoms. The van der Waals surface area contributed by atoms with Gasteiger partial charge in [-0.15, -0.1) is 45.5 Å². The smallest absolute Gasteiger partial charge is 0.191 e. The third-order valence-corrected chi connectivity index (χ3v) is 5.51. The molecule has 0 spiro atoms. The summed E-state index contributed by atoms with van der Waals surface area (Å²) in [5.74, 6) is 3.16. The molecule has 0 aliphatic carbocycles. The van der Waals surface area contributed by atoms with Gasteiger partial charge in [0.05, 0.1) is 6.54 Å². The predicted octanol–water partition coefficient (Wildman–Crippen LogP) is 3.29. The van der Waals surface area contributed by atoms with Gasteiger partial charge in [0.2, 0.25) is 0 Å². The van der Waals surface area contributed by atoms with Crippen LogP contribution in [0.1, 0.15) is 47.1 Å². The Morgan fingerprint density at radius 3 is 2.88 bits per heavy atom. The molecule has 0 bridgehead atoms. The van der Waals surface area contributed by atoms with E-state index in [1.54, 1.807) is 0 Å². The van der Waals surface area contributed by atoms with E-state index in [4.69, 9.17) is 0 Å². The van der Waals surface area contributed by atoms with Crippen molar-refractivity contribution < 1.29 is 0 Å². The summed E-state index contributed by atoms with van der Waals surface area (Å²) < 4.78 is 2.33. The van der Waals surface area contributed by atoms with Crippen LogP contribution in [0.25, 0.3) is 0 Å². The molecule has 0 radical (unpaired) electrons. The first-order chi connectivity index (χ1) is 12.3. The molecule has 0 saturated heterocycles. The van der Waals surface area contributed by atoms with Crippen LogP contribution >= 0.6 is 35.3 Å². The highest BCUT2D eigenvalue weighted by Crippen LogP contribution is 2.15. The highest BCUT2D eigenvalue weighted by Gasteiger charge is 2.14. The maximum atomic E-state index is 4.40. The number of hydrogen-bond donors (Lipinski definition) is 2. The SMILES string of the molecule is CN=C(NCCCc1nnc2n1CCCCC2)NCc1ccc(C)s1.I. The van der Waals surface area contributed by atoms with Crippen molar-refractivity contribution in [1.29, 1.82) is 0 Å². The topological polar surface area (TPSA) is 67.1 Å². The highest BCUT2D eigenvalue weighted by molar-refractivity contribution is 14.0. The summed E-state index contributed by atoms with van der Waals surface area (Å²) in [6.07, 6.45) is 6.85. The quantitative estimate of drug-likeness (QED) is 0.284. The number of nitrogens with zero attached hydrogens (tertiary/aromatic N) is 4. The summed E-state index contributed by atoms with van der Waals surface area (Å²) >= 11 is 1.82. The van der Waals surface area contributed by atoms with E-state index in [1.165, 1.54) is 34.8 Å². The number of halogens is 1. The minimum atomic E-state index is 0. The van der Waals surface area contributed by atoms with Crippen molar-refractivity contribution >= 4 is 41.3 Å². The fourth-order valence-electron chi connectivity index (χ4n) is 3.16. The second-order valence-electron chi connectivity index (χ2n) is 6.46. The molecule has 26 heavy (non-hydrogen) atoms. The minimum Gasteiger partial charge on any atom is -0.356 e. The molecule has 3 heterocycles. The lowest BCUT2D eigenvalue weighted by molar-refractivity contribution is 0.594. The number of aryl methyl sites for hydroxylation is 3. The summed E-state index contributed by atoms with van der Waals surface area (Å²) in [6.45, 7) is 4.90. The standard InChI is InChI=1S/C18H28N6S.HI/c1-14-9-10-15(25-14)13-21-18(19-2)20-11-6-8-17-23-22-16-7-4-3-5-12-24(16)17;/h9-10H,3-8,11-13H2,1-2H3,(H2,19,20,21);1H. The van der Waals surface area contributed by atoms with Gasteiger partial charge in [-0.05, 0) is 38.3 Å². The van der Waals surface area contributed by atoms with Crippen molar-refractivity contribution in [2.45, 2.75) is 58.5 Å². The molecule has 0 unspecified atom stereocenters. The number of rotatable bonds is 6. The molecule has 2 aromatic heterocycles. The third kappa shape index (κ3) is 5.94. The van der Waals surface area contributed by atoms with Gasteiger partial charge in [0.15, 0.2) is 5.96 Å². The van der Waals surface area contributed by atoms with E-state index in [1.807, 2.05) is 18.4 Å². The largest absolute Gasteiger partial charge is 0.356 e. The van der Waals surface area contributed by atoms with Crippen LogP contribution in [0.5, 0.6) is 0 Å². The lowest BCUT2D eigenvalue weighted by Crippen LogP contribution is -2.37. The molecular weight excluding hydrogens is 459 g/mol. The number of nitrogens with one attached hydrogen (secondary N) is 2. The Balaban J connectivity index is 0.00000243. The minimum absolute atomic E-state index is 0. The lowest BCUT2D eigenvalue weighted by atomic mass is 10.2. The zero-order valence-corrected chi connectivity index (χ0v) is 18.8. The van der Waals surface area contributed by atoms with Gasteiger partial charge < -0.3 is 15.2 Å². The Kier molecular flexibility index (Phi) is 8.83. The van der Waals surface area contributed by atoms with E-state index < -0.39 is 0 Å². The summed E-state index contributed by atoms with van der Waals surface area (Å²) in [5, 5.41) is 15.5. The Morgan fingerprint density at radius 2 is 2.12 bits per heavy atom. The first kappa shape index (κ1) is 21.1. The van der Waals surface area contributed by atoms with Gasteiger partial charge in [-0.2, -0.15) is 0 Å². The van der Waals surface area contributed by atoms with Crippen molar-refractivity contribution in [3.05, 3.63) is 33.5 Å². The molecule has 0 atom stereocenters. The monoisotopic (exact) mass is 488 g/mol. The van der Waals surface area contributed by atoms with Crippen molar-refractivity contribution in [1.82, 2.24) is 25.4 Å². The van der Waals surface area contributed by atoms with Gasteiger partial charge in [-0.3, -0.25) is 4.99 Å². The van der Waals surface area contributed by atoms with Gasteiger partial charge in [0.1, 0.15) is 11.6 Å². The predicted molar refractivity (Wildman–Crippen MR) is 119 cm³/mol.